The summed E-state index contributed by atoms with van der Waals surface area (Å²) in [6.45, 7) is 3.93. The molecule has 1 amide bonds. The largest absolute Gasteiger partial charge is 0.486 e. The molecule has 140 valence electrons. The number of nitrogens with zero attached hydrogens (tertiary/aromatic N) is 1. The number of carbonyl (C=O) groups excluding carboxylic acids is 1. The van der Waals surface area contributed by atoms with Crippen LogP contribution in [-0.4, -0.2) is 27.5 Å². The molecule has 1 aromatic heterocycles. The number of carboxylic acid groups (broad SMARTS) is 1. The number of thiazole rings is 1. The van der Waals surface area contributed by atoms with Crippen LogP contribution in [0.1, 0.15) is 37.4 Å². The predicted molar refractivity (Wildman–Crippen MR) is 101 cm³/mol. The maximum absolute atomic E-state index is 12.2. The van der Waals surface area contributed by atoms with Gasteiger partial charge in [-0.1, -0.05) is 11.6 Å². The van der Waals surface area contributed by atoms with Crippen molar-refractivity contribution < 1.29 is 19.4 Å². The lowest BCUT2D eigenvalue weighted by atomic mass is 9.98. The van der Waals surface area contributed by atoms with Crippen molar-refractivity contribution in [2.24, 2.45) is 0 Å². The number of carboxylic acids is 1. The summed E-state index contributed by atoms with van der Waals surface area (Å²) < 4.78 is 5.63. The first-order valence-electron chi connectivity index (χ1n) is 8.08. The first-order valence-corrected chi connectivity index (χ1v) is 9.34. The van der Waals surface area contributed by atoms with E-state index >= 15 is 0 Å². The van der Waals surface area contributed by atoms with Crippen molar-refractivity contribution in [3.8, 4) is 5.75 Å². The molecule has 6 nitrogen and oxygen atoms in total. The maximum Gasteiger partial charge on any atom is 0.303 e. The van der Waals surface area contributed by atoms with E-state index in [1.165, 1.54) is 11.3 Å². The van der Waals surface area contributed by atoms with E-state index in [4.69, 9.17) is 21.4 Å². The SMILES string of the molecule is CC(C)(CCC(=O)O)NC(=O)Cc1csc(COc2ccc(Cl)cc2)n1. The Kier molecular flexibility index (Phi) is 6.99. The second-order valence-electron chi connectivity index (χ2n) is 6.48. The van der Waals surface area contributed by atoms with Crippen molar-refractivity contribution in [2.45, 2.75) is 45.3 Å². The molecule has 1 heterocycles. The number of halogens is 1. The van der Waals surface area contributed by atoms with Crippen molar-refractivity contribution in [3.05, 3.63) is 45.4 Å². The van der Waals surface area contributed by atoms with Gasteiger partial charge in [-0.15, -0.1) is 11.3 Å². The Morgan fingerprint density at radius 2 is 2.00 bits per heavy atom. The van der Waals surface area contributed by atoms with Crippen LogP contribution in [-0.2, 0) is 22.6 Å². The van der Waals surface area contributed by atoms with Crippen molar-refractivity contribution in [1.29, 1.82) is 0 Å². The summed E-state index contributed by atoms with van der Waals surface area (Å²) in [6, 6.07) is 7.06. The highest BCUT2D eigenvalue weighted by atomic mass is 35.5. The van der Waals surface area contributed by atoms with Crippen molar-refractivity contribution in [2.75, 3.05) is 0 Å². The average molecular weight is 397 g/mol. The van der Waals surface area contributed by atoms with Crippen LogP contribution in [0.25, 0.3) is 0 Å². The minimum atomic E-state index is -0.878. The van der Waals surface area contributed by atoms with Crippen LogP contribution >= 0.6 is 22.9 Å². The van der Waals surface area contributed by atoms with Crippen LogP contribution in [0.2, 0.25) is 5.02 Å². The van der Waals surface area contributed by atoms with Crippen molar-refractivity contribution in [1.82, 2.24) is 10.3 Å². The summed E-state index contributed by atoms with van der Waals surface area (Å²) in [6.07, 6.45) is 0.523. The number of benzene rings is 1. The Bertz CT molecular complexity index is 759. The smallest absolute Gasteiger partial charge is 0.303 e. The Balaban J connectivity index is 1.82. The molecule has 8 heteroatoms. The summed E-state index contributed by atoms with van der Waals surface area (Å²) in [5.41, 5.74) is 0.0858. The van der Waals surface area contributed by atoms with Gasteiger partial charge >= 0.3 is 5.97 Å². The normalized spacial score (nSPS) is 11.2. The number of ether oxygens (including phenoxy) is 1. The molecule has 0 spiro atoms. The van der Waals surface area contributed by atoms with Crippen LogP contribution in [0.15, 0.2) is 29.6 Å². The van der Waals surface area contributed by atoms with Gasteiger partial charge in [-0.25, -0.2) is 4.98 Å². The molecule has 0 aliphatic rings. The number of hydrogen-bond donors (Lipinski definition) is 2. The highest BCUT2D eigenvalue weighted by Gasteiger charge is 2.22. The quantitative estimate of drug-likeness (QED) is 0.675. The van der Waals surface area contributed by atoms with Crippen molar-refractivity contribution in [3.63, 3.8) is 0 Å². The van der Waals surface area contributed by atoms with Crippen LogP contribution in [0, 0.1) is 0 Å². The zero-order valence-electron chi connectivity index (χ0n) is 14.6. The van der Waals surface area contributed by atoms with E-state index in [0.717, 1.165) is 5.01 Å². The molecule has 0 unspecified atom stereocenters. The zero-order valence-corrected chi connectivity index (χ0v) is 16.2. The maximum atomic E-state index is 12.2. The Morgan fingerprint density at radius 3 is 2.65 bits per heavy atom. The van der Waals surface area contributed by atoms with Gasteiger partial charge in [-0.05, 0) is 44.5 Å². The summed E-state index contributed by atoms with van der Waals surface area (Å²) in [4.78, 5) is 27.2. The average Bonchev–Trinajstić information content (AvgIpc) is 2.99. The summed E-state index contributed by atoms with van der Waals surface area (Å²) in [5.74, 6) is -0.364. The van der Waals surface area contributed by atoms with E-state index < -0.39 is 11.5 Å². The number of hydrogen-bond acceptors (Lipinski definition) is 5. The second-order valence-corrected chi connectivity index (χ2v) is 7.86. The first kappa shape index (κ1) is 20.2. The third-order valence-corrected chi connectivity index (χ3v) is 4.68. The highest BCUT2D eigenvalue weighted by molar-refractivity contribution is 7.09. The van der Waals surface area contributed by atoms with Gasteiger partial charge in [0.1, 0.15) is 17.4 Å². The van der Waals surface area contributed by atoms with Gasteiger partial charge in [0.2, 0.25) is 5.91 Å². The fraction of sp³-hybridized carbons (Fsp3) is 0.389. The van der Waals surface area contributed by atoms with Crippen LogP contribution in [0.4, 0.5) is 0 Å². The molecule has 0 aliphatic heterocycles. The molecule has 1 aromatic carbocycles. The second kappa shape index (κ2) is 9.00. The molecule has 2 rings (SSSR count). The van der Waals surface area contributed by atoms with Crippen molar-refractivity contribution >= 4 is 34.8 Å². The number of amides is 1. The van der Waals surface area contributed by atoms with Gasteiger partial charge in [-0.3, -0.25) is 9.59 Å². The summed E-state index contributed by atoms with van der Waals surface area (Å²) >= 11 is 7.25. The molecule has 26 heavy (non-hydrogen) atoms. The molecule has 0 fully saturated rings. The van der Waals surface area contributed by atoms with Crippen LogP contribution in [0.5, 0.6) is 5.75 Å². The molecular weight excluding hydrogens is 376 g/mol. The van der Waals surface area contributed by atoms with E-state index in [0.29, 0.717) is 29.5 Å². The lowest BCUT2D eigenvalue weighted by Crippen LogP contribution is -2.44. The molecular formula is C18H21ClN2O4S. The van der Waals surface area contributed by atoms with Gasteiger partial charge in [0.05, 0.1) is 12.1 Å². The number of carbonyl (C=O) groups is 2. The van der Waals surface area contributed by atoms with Crippen LogP contribution < -0.4 is 10.1 Å². The van der Waals surface area contributed by atoms with E-state index in [9.17, 15) is 9.59 Å². The third-order valence-electron chi connectivity index (χ3n) is 3.56. The fourth-order valence-corrected chi connectivity index (χ4v) is 3.07. The molecule has 0 radical (unpaired) electrons. The van der Waals surface area contributed by atoms with Gasteiger partial charge in [0.25, 0.3) is 0 Å². The zero-order chi connectivity index (χ0) is 19.2. The molecule has 0 atom stereocenters. The fourth-order valence-electron chi connectivity index (χ4n) is 2.24. The van der Waals surface area contributed by atoms with Gasteiger partial charge in [0.15, 0.2) is 0 Å². The monoisotopic (exact) mass is 396 g/mol. The Hall–Kier alpha value is -2.12. The Labute approximate surface area is 161 Å². The molecule has 0 aliphatic carbocycles. The number of aliphatic carboxylic acids is 1. The molecule has 0 bridgehead atoms. The molecule has 2 aromatic rings. The molecule has 2 N–H and O–H groups in total. The van der Waals surface area contributed by atoms with E-state index in [1.807, 2.05) is 5.38 Å². The predicted octanol–water partition coefficient (Wildman–Crippen LogP) is 3.68. The minimum Gasteiger partial charge on any atom is -0.486 e. The number of aromatic nitrogens is 1. The van der Waals surface area contributed by atoms with Gasteiger partial charge < -0.3 is 15.2 Å². The van der Waals surface area contributed by atoms with Gasteiger partial charge in [-0.2, -0.15) is 0 Å². The molecule has 0 saturated carbocycles. The van der Waals surface area contributed by atoms with Gasteiger partial charge in [0, 0.05) is 22.4 Å². The lowest BCUT2D eigenvalue weighted by Gasteiger charge is -2.25. The highest BCUT2D eigenvalue weighted by Crippen LogP contribution is 2.18. The first-order chi connectivity index (χ1) is 12.2. The lowest BCUT2D eigenvalue weighted by molar-refractivity contribution is -0.137. The molecule has 0 saturated heterocycles. The van der Waals surface area contributed by atoms with E-state index in [2.05, 4.69) is 10.3 Å². The third kappa shape index (κ3) is 7.01. The minimum absolute atomic E-state index is 0.0101. The summed E-state index contributed by atoms with van der Waals surface area (Å²) in [5, 5.41) is 14.8. The Morgan fingerprint density at radius 1 is 1.31 bits per heavy atom. The topological polar surface area (TPSA) is 88.5 Å². The standard InChI is InChI=1S/C18H21ClN2O4S/c1-18(2,8-7-17(23)24)21-15(22)9-13-11-26-16(20-13)10-25-14-5-3-12(19)4-6-14/h3-6,11H,7-10H2,1-2H3,(H,21,22)(H,23,24). The number of rotatable bonds is 9. The van der Waals surface area contributed by atoms with E-state index in [-0.39, 0.29) is 18.7 Å². The van der Waals surface area contributed by atoms with Crippen LogP contribution in [0.3, 0.4) is 0 Å². The number of nitrogens with one attached hydrogen (secondary N) is 1. The summed E-state index contributed by atoms with van der Waals surface area (Å²) in [7, 11) is 0. The van der Waals surface area contributed by atoms with E-state index in [1.54, 1.807) is 38.1 Å².